The topological polar surface area (TPSA) is 71.4 Å². The second kappa shape index (κ2) is 8.80. The number of likely N-dealkylation sites (tertiary alicyclic amines) is 1. The smallest absolute Gasteiger partial charge is 0.292 e. The number of hydrogen-bond donors (Lipinski definition) is 1. The average Bonchev–Trinajstić information content (AvgIpc) is 3.31. The summed E-state index contributed by atoms with van der Waals surface area (Å²) in [6.45, 7) is 1.79. The van der Waals surface area contributed by atoms with E-state index in [-0.39, 0.29) is 18.5 Å². The van der Waals surface area contributed by atoms with Crippen LogP contribution in [0.15, 0.2) is 30.5 Å². The lowest BCUT2D eigenvalue weighted by Gasteiger charge is -2.16. The number of para-hydroxylation sites is 1. The number of ketones is 1. The largest absolute Gasteiger partial charge is 0.346 e. The second-order valence-corrected chi connectivity index (χ2v) is 8.27. The highest BCUT2D eigenvalue weighted by atomic mass is 16.2. The lowest BCUT2D eigenvalue weighted by molar-refractivity contribution is -0.130. The van der Waals surface area contributed by atoms with Crippen molar-refractivity contribution < 1.29 is 14.4 Å². The first-order valence-electron chi connectivity index (χ1n) is 10.8. The van der Waals surface area contributed by atoms with Crippen molar-refractivity contribution in [1.82, 2.24) is 14.8 Å². The van der Waals surface area contributed by atoms with Gasteiger partial charge in [-0.3, -0.25) is 14.4 Å². The number of carbonyl (C=O) groups excluding carboxylic acids is 3. The number of hydrogen-bond acceptors (Lipinski definition) is 3. The lowest BCUT2D eigenvalue weighted by Crippen LogP contribution is -2.39. The molecule has 0 bridgehead atoms. The van der Waals surface area contributed by atoms with Crippen molar-refractivity contribution in [3.8, 4) is 0 Å². The van der Waals surface area contributed by atoms with Gasteiger partial charge in [0.2, 0.25) is 5.91 Å². The molecule has 1 aromatic carbocycles. The number of benzene rings is 1. The fourth-order valence-corrected chi connectivity index (χ4v) is 4.57. The predicted molar refractivity (Wildman–Crippen MR) is 112 cm³/mol. The molecule has 1 aromatic heterocycles. The van der Waals surface area contributed by atoms with E-state index in [0.29, 0.717) is 5.56 Å². The van der Waals surface area contributed by atoms with Crippen molar-refractivity contribution in [2.45, 2.75) is 64.0 Å². The van der Waals surface area contributed by atoms with Crippen LogP contribution in [-0.4, -0.2) is 46.2 Å². The van der Waals surface area contributed by atoms with E-state index in [4.69, 9.17) is 0 Å². The van der Waals surface area contributed by atoms with Crippen LogP contribution >= 0.6 is 0 Å². The molecule has 6 heteroatoms. The molecule has 1 aliphatic carbocycles. The quantitative estimate of drug-likeness (QED) is 0.480. The zero-order chi connectivity index (χ0) is 20.2. The third-order valence-electron chi connectivity index (χ3n) is 6.19. The summed E-state index contributed by atoms with van der Waals surface area (Å²) in [5, 5.41) is 3.67. The molecule has 0 atom stereocenters. The lowest BCUT2D eigenvalue weighted by atomic mass is 10.1. The minimum atomic E-state index is -0.536. The molecule has 1 N–H and O–H groups in total. The van der Waals surface area contributed by atoms with E-state index in [1.165, 1.54) is 12.8 Å². The van der Waals surface area contributed by atoms with Gasteiger partial charge in [0.05, 0.1) is 5.56 Å². The highest BCUT2D eigenvalue weighted by Gasteiger charge is 2.25. The highest BCUT2D eigenvalue weighted by molar-refractivity contribution is 6.45. The van der Waals surface area contributed by atoms with Gasteiger partial charge in [-0.15, -0.1) is 0 Å². The Kier molecular flexibility index (Phi) is 5.97. The molecular weight excluding hydrogens is 366 g/mol. The Labute approximate surface area is 171 Å². The molecule has 1 saturated heterocycles. The standard InChI is InChI=1S/C23H29N3O3/c27-21(25-13-7-8-14-25)16-26-15-19(18-11-5-6-12-20(18)26)22(28)23(29)24-17-9-3-1-2-4-10-17/h5-6,11-12,15,17H,1-4,7-10,13-14,16H2,(H,24,29). The van der Waals surface area contributed by atoms with Crippen LogP contribution in [0.5, 0.6) is 0 Å². The number of rotatable bonds is 5. The van der Waals surface area contributed by atoms with E-state index in [0.717, 1.165) is 62.5 Å². The zero-order valence-electron chi connectivity index (χ0n) is 16.9. The molecule has 0 spiro atoms. The molecule has 0 radical (unpaired) electrons. The van der Waals surface area contributed by atoms with Crippen molar-refractivity contribution in [2.75, 3.05) is 13.1 Å². The summed E-state index contributed by atoms with van der Waals surface area (Å²) in [5.74, 6) is -0.992. The molecule has 2 aliphatic rings. The number of fused-ring (bicyclic) bond motifs is 1. The number of carbonyl (C=O) groups is 3. The Bertz CT molecular complexity index is 903. The SMILES string of the molecule is O=C(NC1CCCCCC1)C(=O)c1cn(CC(=O)N2CCCC2)c2ccccc12. The van der Waals surface area contributed by atoms with Gasteiger partial charge in [0, 0.05) is 36.2 Å². The first kappa shape index (κ1) is 19.7. The Morgan fingerprint density at radius 2 is 1.62 bits per heavy atom. The maximum atomic E-state index is 13.0. The molecule has 2 fully saturated rings. The van der Waals surface area contributed by atoms with Crippen LogP contribution < -0.4 is 5.32 Å². The van der Waals surface area contributed by atoms with Gasteiger partial charge in [0.15, 0.2) is 0 Å². The summed E-state index contributed by atoms with van der Waals surface area (Å²) in [7, 11) is 0. The van der Waals surface area contributed by atoms with E-state index in [1.54, 1.807) is 6.20 Å². The van der Waals surface area contributed by atoms with Crippen molar-refractivity contribution in [3.63, 3.8) is 0 Å². The third kappa shape index (κ3) is 4.36. The van der Waals surface area contributed by atoms with E-state index in [2.05, 4.69) is 5.32 Å². The molecule has 29 heavy (non-hydrogen) atoms. The zero-order valence-corrected chi connectivity index (χ0v) is 16.9. The minimum absolute atomic E-state index is 0.0603. The number of nitrogens with zero attached hydrogens (tertiary/aromatic N) is 2. The Balaban J connectivity index is 1.54. The maximum absolute atomic E-state index is 13.0. The van der Waals surface area contributed by atoms with Gasteiger partial charge in [-0.1, -0.05) is 43.9 Å². The van der Waals surface area contributed by atoms with Crippen molar-refractivity contribution in [1.29, 1.82) is 0 Å². The Morgan fingerprint density at radius 1 is 0.931 bits per heavy atom. The molecule has 1 aliphatic heterocycles. The Hall–Kier alpha value is -2.63. The summed E-state index contributed by atoms with van der Waals surface area (Å²) in [5.41, 5.74) is 1.19. The van der Waals surface area contributed by atoms with Crippen LogP contribution in [0.25, 0.3) is 10.9 Å². The van der Waals surface area contributed by atoms with Crippen molar-refractivity contribution in [2.24, 2.45) is 0 Å². The summed E-state index contributed by atoms with van der Waals surface area (Å²) in [6, 6.07) is 7.57. The number of aromatic nitrogens is 1. The number of Topliss-reactive ketones (excluding diaryl/α,β-unsaturated/α-hetero) is 1. The molecule has 0 unspecified atom stereocenters. The van der Waals surface area contributed by atoms with E-state index < -0.39 is 11.7 Å². The molecule has 6 nitrogen and oxygen atoms in total. The normalized spacial score (nSPS) is 18.0. The maximum Gasteiger partial charge on any atom is 0.292 e. The van der Waals surface area contributed by atoms with Gasteiger partial charge >= 0.3 is 0 Å². The fraction of sp³-hybridized carbons (Fsp3) is 0.522. The monoisotopic (exact) mass is 395 g/mol. The Morgan fingerprint density at radius 3 is 2.34 bits per heavy atom. The highest BCUT2D eigenvalue weighted by Crippen LogP contribution is 2.23. The summed E-state index contributed by atoms with van der Waals surface area (Å²) < 4.78 is 1.81. The van der Waals surface area contributed by atoms with Crippen LogP contribution in [0.1, 0.15) is 61.7 Å². The van der Waals surface area contributed by atoms with Crippen molar-refractivity contribution in [3.05, 3.63) is 36.0 Å². The first-order valence-corrected chi connectivity index (χ1v) is 10.8. The van der Waals surface area contributed by atoms with E-state index in [1.807, 2.05) is 33.7 Å². The third-order valence-corrected chi connectivity index (χ3v) is 6.19. The van der Waals surface area contributed by atoms with Crippen molar-refractivity contribution >= 4 is 28.5 Å². The van der Waals surface area contributed by atoms with Gasteiger partial charge in [-0.05, 0) is 31.7 Å². The second-order valence-electron chi connectivity index (χ2n) is 8.27. The molecular formula is C23H29N3O3. The number of nitrogens with one attached hydrogen (secondary N) is 1. The molecule has 2 amide bonds. The molecule has 4 rings (SSSR count). The van der Waals surface area contributed by atoms with Gasteiger partial charge in [0.25, 0.3) is 11.7 Å². The molecule has 1 saturated carbocycles. The van der Waals surface area contributed by atoms with E-state index in [9.17, 15) is 14.4 Å². The predicted octanol–water partition coefficient (Wildman–Crippen LogP) is 3.29. The average molecular weight is 396 g/mol. The van der Waals surface area contributed by atoms with E-state index >= 15 is 0 Å². The van der Waals surface area contributed by atoms with Crippen LogP contribution in [0, 0.1) is 0 Å². The first-order chi connectivity index (χ1) is 14.1. The molecule has 2 heterocycles. The molecule has 154 valence electrons. The minimum Gasteiger partial charge on any atom is -0.346 e. The summed E-state index contributed by atoms with van der Waals surface area (Å²) in [6.07, 6.45) is 10.2. The van der Waals surface area contributed by atoms with Gasteiger partial charge in [0.1, 0.15) is 6.54 Å². The van der Waals surface area contributed by atoms with Gasteiger partial charge in [-0.25, -0.2) is 0 Å². The van der Waals surface area contributed by atoms with Crippen LogP contribution in [-0.2, 0) is 16.1 Å². The summed E-state index contributed by atoms with van der Waals surface area (Å²) in [4.78, 5) is 40.1. The van der Waals surface area contributed by atoms with Crippen LogP contribution in [0.4, 0.5) is 0 Å². The van der Waals surface area contributed by atoms with Crippen LogP contribution in [0.2, 0.25) is 0 Å². The molecule has 2 aromatic rings. The van der Waals surface area contributed by atoms with Crippen LogP contribution in [0.3, 0.4) is 0 Å². The van der Waals surface area contributed by atoms with Gasteiger partial charge in [-0.2, -0.15) is 0 Å². The fourth-order valence-electron chi connectivity index (χ4n) is 4.57. The summed E-state index contributed by atoms with van der Waals surface area (Å²) >= 11 is 0. The number of amides is 2. The van der Waals surface area contributed by atoms with Gasteiger partial charge < -0.3 is 14.8 Å².